The van der Waals surface area contributed by atoms with Crippen molar-refractivity contribution in [1.29, 1.82) is 0 Å². The SMILES string of the molecule is COc1cc(OC)c(-c2nnc(Br)o2)cc1OC. The smallest absolute Gasteiger partial charge is 0.285 e. The molecule has 0 aliphatic rings. The van der Waals surface area contributed by atoms with Crippen molar-refractivity contribution in [1.82, 2.24) is 10.2 Å². The first-order valence-electron chi connectivity index (χ1n) is 4.99. The van der Waals surface area contributed by atoms with Crippen LogP contribution in [-0.2, 0) is 0 Å². The molecule has 0 N–H and O–H groups in total. The fourth-order valence-electron chi connectivity index (χ4n) is 1.51. The van der Waals surface area contributed by atoms with Crippen molar-refractivity contribution in [2.45, 2.75) is 0 Å². The number of aromatic nitrogens is 2. The zero-order chi connectivity index (χ0) is 13.1. The Bertz CT molecular complexity index is 556. The molecule has 96 valence electrons. The zero-order valence-corrected chi connectivity index (χ0v) is 11.6. The number of hydrogen-bond acceptors (Lipinski definition) is 6. The van der Waals surface area contributed by atoms with Crippen molar-refractivity contribution in [2.75, 3.05) is 21.3 Å². The fraction of sp³-hybridized carbons (Fsp3) is 0.273. The summed E-state index contributed by atoms with van der Waals surface area (Å²) in [6.07, 6.45) is 0. The normalized spacial score (nSPS) is 10.2. The van der Waals surface area contributed by atoms with Crippen molar-refractivity contribution in [3.8, 4) is 28.7 Å². The molecule has 0 saturated heterocycles. The first-order chi connectivity index (χ1) is 8.69. The van der Waals surface area contributed by atoms with Gasteiger partial charge in [0.1, 0.15) is 5.75 Å². The van der Waals surface area contributed by atoms with Gasteiger partial charge >= 0.3 is 0 Å². The maximum Gasteiger partial charge on any atom is 0.285 e. The largest absolute Gasteiger partial charge is 0.496 e. The number of rotatable bonds is 4. The summed E-state index contributed by atoms with van der Waals surface area (Å²) >= 11 is 3.10. The molecule has 0 radical (unpaired) electrons. The number of halogens is 1. The van der Waals surface area contributed by atoms with E-state index in [-0.39, 0.29) is 0 Å². The van der Waals surface area contributed by atoms with E-state index in [1.165, 1.54) is 0 Å². The predicted octanol–water partition coefficient (Wildman–Crippen LogP) is 2.52. The molecule has 0 amide bonds. The van der Waals surface area contributed by atoms with Crippen LogP contribution >= 0.6 is 15.9 Å². The van der Waals surface area contributed by atoms with Crippen molar-refractivity contribution in [3.63, 3.8) is 0 Å². The van der Waals surface area contributed by atoms with E-state index >= 15 is 0 Å². The summed E-state index contributed by atoms with van der Waals surface area (Å²) in [5.74, 6) is 2.02. The summed E-state index contributed by atoms with van der Waals surface area (Å²) < 4.78 is 21.0. The van der Waals surface area contributed by atoms with E-state index in [0.29, 0.717) is 33.5 Å². The van der Waals surface area contributed by atoms with Crippen molar-refractivity contribution < 1.29 is 18.6 Å². The molecule has 7 heteroatoms. The fourth-order valence-corrected chi connectivity index (χ4v) is 1.74. The Kier molecular flexibility index (Phi) is 3.71. The molecule has 1 aromatic carbocycles. The highest BCUT2D eigenvalue weighted by atomic mass is 79.9. The molecule has 6 nitrogen and oxygen atoms in total. The number of ether oxygens (including phenoxy) is 3. The first-order valence-corrected chi connectivity index (χ1v) is 5.78. The Balaban J connectivity index is 2.58. The van der Waals surface area contributed by atoms with Crippen LogP contribution in [0.25, 0.3) is 11.5 Å². The average Bonchev–Trinajstić information content (AvgIpc) is 2.83. The molecule has 0 bridgehead atoms. The van der Waals surface area contributed by atoms with Crippen LogP contribution in [0.2, 0.25) is 0 Å². The molecular formula is C11H11BrN2O4. The third-order valence-corrected chi connectivity index (χ3v) is 2.66. The summed E-state index contributed by atoms with van der Waals surface area (Å²) in [4.78, 5) is 0.300. The molecule has 0 spiro atoms. The van der Waals surface area contributed by atoms with Gasteiger partial charge < -0.3 is 18.6 Å². The summed E-state index contributed by atoms with van der Waals surface area (Å²) in [7, 11) is 4.66. The Morgan fingerprint density at radius 3 is 2.06 bits per heavy atom. The van der Waals surface area contributed by atoms with Gasteiger partial charge in [0, 0.05) is 28.1 Å². The monoisotopic (exact) mass is 314 g/mol. The zero-order valence-electron chi connectivity index (χ0n) is 10.1. The molecule has 0 aliphatic carbocycles. The lowest BCUT2D eigenvalue weighted by atomic mass is 10.1. The number of benzene rings is 1. The van der Waals surface area contributed by atoms with Crippen LogP contribution in [0, 0.1) is 0 Å². The molecule has 0 aliphatic heterocycles. The van der Waals surface area contributed by atoms with Gasteiger partial charge in [0.25, 0.3) is 10.7 Å². The molecule has 2 aromatic rings. The standard InChI is InChI=1S/C11H11BrN2O4/c1-15-7-5-9(17-3)8(16-2)4-6(7)10-13-14-11(12)18-10/h4-5H,1-3H3. The highest BCUT2D eigenvalue weighted by Gasteiger charge is 2.17. The molecule has 2 rings (SSSR count). The van der Waals surface area contributed by atoms with Crippen molar-refractivity contribution >= 4 is 15.9 Å². The lowest BCUT2D eigenvalue weighted by Gasteiger charge is -2.11. The van der Waals surface area contributed by atoms with Gasteiger partial charge in [-0.1, -0.05) is 0 Å². The third-order valence-electron chi connectivity index (χ3n) is 2.34. The summed E-state index contributed by atoms with van der Waals surface area (Å²) in [5.41, 5.74) is 0.633. The Hall–Kier alpha value is -1.76. The minimum Gasteiger partial charge on any atom is -0.496 e. The van der Waals surface area contributed by atoms with Gasteiger partial charge in [0.05, 0.1) is 26.9 Å². The topological polar surface area (TPSA) is 66.6 Å². The van der Waals surface area contributed by atoms with E-state index in [4.69, 9.17) is 18.6 Å². The van der Waals surface area contributed by atoms with Crippen molar-refractivity contribution in [2.24, 2.45) is 0 Å². The molecule has 1 aromatic heterocycles. The Morgan fingerprint density at radius 2 is 1.56 bits per heavy atom. The first kappa shape index (κ1) is 12.7. The lowest BCUT2D eigenvalue weighted by Crippen LogP contribution is -1.95. The lowest BCUT2D eigenvalue weighted by molar-refractivity contribution is 0.349. The van der Waals surface area contributed by atoms with Crippen LogP contribution in [0.4, 0.5) is 0 Å². The van der Waals surface area contributed by atoms with Gasteiger partial charge in [-0.2, -0.15) is 0 Å². The number of nitrogens with zero attached hydrogens (tertiary/aromatic N) is 2. The molecule has 18 heavy (non-hydrogen) atoms. The van der Waals surface area contributed by atoms with Crippen LogP contribution in [0.5, 0.6) is 17.2 Å². The van der Waals surface area contributed by atoms with Crippen LogP contribution in [0.1, 0.15) is 0 Å². The summed E-state index contributed by atoms with van der Waals surface area (Å²) in [6, 6.07) is 3.42. The summed E-state index contributed by atoms with van der Waals surface area (Å²) in [6.45, 7) is 0. The maximum atomic E-state index is 5.30. The molecular weight excluding hydrogens is 304 g/mol. The minimum atomic E-state index is 0.300. The van der Waals surface area contributed by atoms with Gasteiger partial charge in [-0.25, -0.2) is 0 Å². The van der Waals surface area contributed by atoms with Gasteiger partial charge in [-0.05, 0) is 0 Å². The quantitative estimate of drug-likeness (QED) is 0.864. The van der Waals surface area contributed by atoms with E-state index in [1.54, 1.807) is 33.5 Å². The Labute approximate surface area is 112 Å². The van der Waals surface area contributed by atoms with Crippen molar-refractivity contribution in [3.05, 3.63) is 16.9 Å². The highest BCUT2D eigenvalue weighted by molar-refractivity contribution is 9.10. The van der Waals surface area contributed by atoms with E-state index in [0.717, 1.165) is 0 Å². The second-order valence-corrected chi connectivity index (χ2v) is 3.95. The van der Waals surface area contributed by atoms with E-state index in [2.05, 4.69) is 26.1 Å². The van der Waals surface area contributed by atoms with Gasteiger partial charge in [-0.3, -0.25) is 0 Å². The van der Waals surface area contributed by atoms with Crippen LogP contribution in [0.3, 0.4) is 0 Å². The van der Waals surface area contributed by atoms with Crippen LogP contribution in [0.15, 0.2) is 21.3 Å². The maximum absolute atomic E-state index is 5.30. The van der Waals surface area contributed by atoms with Crippen LogP contribution in [-0.4, -0.2) is 31.5 Å². The van der Waals surface area contributed by atoms with Gasteiger partial charge in [-0.15, -0.1) is 10.2 Å². The number of hydrogen-bond donors (Lipinski definition) is 0. The minimum absolute atomic E-state index is 0.300. The molecule has 0 saturated carbocycles. The van der Waals surface area contributed by atoms with Gasteiger partial charge in [0.2, 0.25) is 0 Å². The Morgan fingerprint density at radius 1 is 0.944 bits per heavy atom. The number of methoxy groups -OCH3 is 3. The van der Waals surface area contributed by atoms with E-state index in [9.17, 15) is 0 Å². The molecule has 0 unspecified atom stereocenters. The molecule has 0 fully saturated rings. The average molecular weight is 315 g/mol. The third kappa shape index (κ3) is 2.26. The van der Waals surface area contributed by atoms with E-state index < -0.39 is 0 Å². The molecule has 1 heterocycles. The predicted molar refractivity (Wildman–Crippen MR) is 67.1 cm³/mol. The molecule has 0 atom stereocenters. The summed E-state index contributed by atoms with van der Waals surface area (Å²) in [5, 5.41) is 7.62. The second-order valence-electron chi connectivity index (χ2n) is 3.27. The highest BCUT2D eigenvalue weighted by Crippen LogP contribution is 2.39. The second kappa shape index (κ2) is 5.26. The van der Waals surface area contributed by atoms with Crippen LogP contribution < -0.4 is 14.2 Å². The van der Waals surface area contributed by atoms with E-state index in [1.807, 2.05) is 0 Å². The van der Waals surface area contributed by atoms with Gasteiger partial charge in [0.15, 0.2) is 11.5 Å².